The second kappa shape index (κ2) is 5.66. The molecular formula is C13H23NO. The highest BCUT2D eigenvalue weighted by Crippen LogP contribution is 2.24. The average Bonchev–Trinajstić information content (AvgIpc) is 2.58. The first-order valence-electron chi connectivity index (χ1n) is 6.44. The van der Waals surface area contributed by atoms with Crippen molar-refractivity contribution in [1.82, 2.24) is 0 Å². The van der Waals surface area contributed by atoms with E-state index >= 15 is 0 Å². The standard InChI is InChI=1S/C13H23NO/c14-13(12-9-5-6-10-15-12)11-7-3-1-2-4-8-11/h7,12-13H,1-6,8-10,14H2. The van der Waals surface area contributed by atoms with Crippen molar-refractivity contribution >= 4 is 0 Å². The van der Waals surface area contributed by atoms with Gasteiger partial charge in [0.25, 0.3) is 0 Å². The molecular weight excluding hydrogens is 186 g/mol. The van der Waals surface area contributed by atoms with Gasteiger partial charge >= 0.3 is 0 Å². The lowest BCUT2D eigenvalue weighted by Crippen LogP contribution is -2.40. The SMILES string of the molecule is NC(C1=CCCCCC1)C1CCCCO1. The summed E-state index contributed by atoms with van der Waals surface area (Å²) in [7, 11) is 0. The predicted molar refractivity (Wildman–Crippen MR) is 62.7 cm³/mol. The van der Waals surface area contributed by atoms with Crippen LogP contribution in [-0.4, -0.2) is 18.8 Å². The summed E-state index contributed by atoms with van der Waals surface area (Å²) in [5, 5.41) is 0. The molecule has 1 fully saturated rings. The van der Waals surface area contributed by atoms with Crippen molar-refractivity contribution in [1.29, 1.82) is 0 Å². The number of allylic oxidation sites excluding steroid dienone is 1. The van der Waals surface area contributed by atoms with E-state index in [1.807, 2.05) is 0 Å². The van der Waals surface area contributed by atoms with Crippen LogP contribution in [0.4, 0.5) is 0 Å². The van der Waals surface area contributed by atoms with E-state index in [4.69, 9.17) is 10.5 Å². The number of rotatable bonds is 2. The number of hydrogen-bond donors (Lipinski definition) is 1. The molecule has 0 radical (unpaired) electrons. The summed E-state index contributed by atoms with van der Waals surface area (Å²) in [6.07, 6.45) is 12.7. The molecule has 1 heterocycles. The Morgan fingerprint density at radius 1 is 1.20 bits per heavy atom. The van der Waals surface area contributed by atoms with Crippen LogP contribution in [0.15, 0.2) is 11.6 Å². The quantitative estimate of drug-likeness (QED) is 0.710. The van der Waals surface area contributed by atoms with Gasteiger partial charge in [0, 0.05) is 6.61 Å². The Labute approximate surface area is 92.9 Å². The minimum Gasteiger partial charge on any atom is -0.376 e. The molecule has 2 N–H and O–H groups in total. The van der Waals surface area contributed by atoms with Crippen LogP contribution in [0.1, 0.15) is 51.4 Å². The summed E-state index contributed by atoms with van der Waals surface area (Å²) < 4.78 is 5.77. The highest BCUT2D eigenvalue weighted by Gasteiger charge is 2.24. The maximum absolute atomic E-state index is 6.30. The van der Waals surface area contributed by atoms with E-state index in [9.17, 15) is 0 Å². The molecule has 2 heteroatoms. The molecule has 0 amide bonds. The molecule has 2 nitrogen and oxygen atoms in total. The van der Waals surface area contributed by atoms with Gasteiger partial charge in [-0.05, 0) is 44.9 Å². The normalized spacial score (nSPS) is 30.5. The Morgan fingerprint density at radius 3 is 2.93 bits per heavy atom. The van der Waals surface area contributed by atoms with Crippen LogP contribution in [0, 0.1) is 0 Å². The van der Waals surface area contributed by atoms with Gasteiger partial charge in [0.15, 0.2) is 0 Å². The van der Waals surface area contributed by atoms with Gasteiger partial charge in [0.1, 0.15) is 0 Å². The van der Waals surface area contributed by atoms with Crippen LogP contribution >= 0.6 is 0 Å². The molecule has 0 saturated carbocycles. The number of nitrogens with two attached hydrogens (primary N) is 1. The lowest BCUT2D eigenvalue weighted by molar-refractivity contribution is 0.00661. The molecule has 0 aromatic carbocycles. The van der Waals surface area contributed by atoms with Crippen molar-refractivity contribution < 1.29 is 4.74 Å². The number of hydrogen-bond acceptors (Lipinski definition) is 2. The van der Waals surface area contributed by atoms with Crippen LogP contribution < -0.4 is 5.73 Å². The van der Waals surface area contributed by atoms with Crippen molar-refractivity contribution in [2.24, 2.45) is 5.73 Å². The minimum atomic E-state index is 0.170. The monoisotopic (exact) mass is 209 g/mol. The summed E-state index contributed by atoms with van der Waals surface area (Å²) in [5.74, 6) is 0. The summed E-state index contributed by atoms with van der Waals surface area (Å²) in [5.41, 5.74) is 7.76. The molecule has 15 heavy (non-hydrogen) atoms. The second-order valence-corrected chi connectivity index (χ2v) is 4.81. The van der Waals surface area contributed by atoms with Crippen LogP contribution in [0.5, 0.6) is 0 Å². The Kier molecular flexibility index (Phi) is 4.21. The van der Waals surface area contributed by atoms with Gasteiger partial charge in [0.05, 0.1) is 12.1 Å². The van der Waals surface area contributed by atoms with Crippen molar-refractivity contribution in [2.75, 3.05) is 6.61 Å². The minimum absolute atomic E-state index is 0.170. The van der Waals surface area contributed by atoms with Crippen molar-refractivity contribution in [2.45, 2.75) is 63.5 Å². The fourth-order valence-corrected chi connectivity index (χ4v) is 2.63. The van der Waals surface area contributed by atoms with Gasteiger partial charge in [-0.25, -0.2) is 0 Å². The van der Waals surface area contributed by atoms with E-state index in [-0.39, 0.29) is 6.04 Å². The van der Waals surface area contributed by atoms with E-state index in [1.54, 1.807) is 0 Å². The number of ether oxygens (including phenoxy) is 1. The van der Waals surface area contributed by atoms with Gasteiger partial charge in [-0.1, -0.05) is 18.1 Å². The van der Waals surface area contributed by atoms with E-state index < -0.39 is 0 Å². The molecule has 2 rings (SSSR count). The Bertz CT molecular complexity index is 219. The summed E-state index contributed by atoms with van der Waals surface area (Å²) in [6.45, 7) is 0.908. The van der Waals surface area contributed by atoms with Crippen LogP contribution in [-0.2, 0) is 4.74 Å². The smallest absolute Gasteiger partial charge is 0.0764 e. The molecule has 1 aliphatic heterocycles. The first kappa shape index (κ1) is 11.2. The molecule has 0 aromatic rings. The maximum atomic E-state index is 6.30. The Hall–Kier alpha value is -0.340. The molecule has 2 unspecified atom stereocenters. The molecule has 2 atom stereocenters. The Balaban J connectivity index is 1.92. The topological polar surface area (TPSA) is 35.2 Å². The van der Waals surface area contributed by atoms with E-state index in [1.165, 1.54) is 50.5 Å². The van der Waals surface area contributed by atoms with Gasteiger partial charge in [0.2, 0.25) is 0 Å². The van der Waals surface area contributed by atoms with Gasteiger partial charge in [-0.15, -0.1) is 0 Å². The highest BCUT2D eigenvalue weighted by molar-refractivity contribution is 5.13. The third-order valence-corrected chi connectivity index (χ3v) is 3.62. The first-order valence-corrected chi connectivity index (χ1v) is 6.44. The lowest BCUT2D eigenvalue weighted by Gasteiger charge is -2.29. The van der Waals surface area contributed by atoms with Crippen LogP contribution in [0.2, 0.25) is 0 Å². The molecule has 1 saturated heterocycles. The zero-order valence-electron chi connectivity index (χ0n) is 9.58. The lowest BCUT2D eigenvalue weighted by atomic mass is 9.93. The highest BCUT2D eigenvalue weighted by atomic mass is 16.5. The van der Waals surface area contributed by atoms with E-state index in [2.05, 4.69) is 6.08 Å². The molecule has 0 aromatic heterocycles. The molecule has 86 valence electrons. The van der Waals surface area contributed by atoms with E-state index in [0.717, 1.165) is 13.0 Å². The van der Waals surface area contributed by atoms with Crippen LogP contribution in [0.3, 0.4) is 0 Å². The summed E-state index contributed by atoms with van der Waals surface area (Å²) in [6, 6.07) is 0.170. The maximum Gasteiger partial charge on any atom is 0.0764 e. The zero-order valence-corrected chi connectivity index (χ0v) is 9.58. The second-order valence-electron chi connectivity index (χ2n) is 4.81. The summed E-state index contributed by atoms with van der Waals surface area (Å²) >= 11 is 0. The molecule has 2 aliphatic rings. The largest absolute Gasteiger partial charge is 0.376 e. The van der Waals surface area contributed by atoms with Crippen LogP contribution in [0.25, 0.3) is 0 Å². The third kappa shape index (κ3) is 3.05. The summed E-state index contributed by atoms with van der Waals surface area (Å²) in [4.78, 5) is 0. The molecule has 1 aliphatic carbocycles. The van der Waals surface area contributed by atoms with Crippen molar-refractivity contribution in [3.05, 3.63) is 11.6 Å². The third-order valence-electron chi connectivity index (χ3n) is 3.62. The van der Waals surface area contributed by atoms with Gasteiger partial charge < -0.3 is 10.5 Å². The van der Waals surface area contributed by atoms with E-state index in [0.29, 0.717) is 6.10 Å². The van der Waals surface area contributed by atoms with Gasteiger partial charge in [-0.3, -0.25) is 0 Å². The van der Waals surface area contributed by atoms with Crippen molar-refractivity contribution in [3.63, 3.8) is 0 Å². The van der Waals surface area contributed by atoms with Crippen molar-refractivity contribution in [3.8, 4) is 0 Å². The average molecular weight is 209 g/mol. The van der Waals surface area contributed by atoms with Gasteiger partial charge in [-0.2, -0.15) is 0 Å². The predicted octanol–water partition coefficient (Wildman–Crippen LogP) is 2.77. The first-order chi connectivity index (χ1) is 7.38. The molecule has 0 spiro atoms. The fourth-order valence-electron chi connectivity index (χ4n) is 2.63. The molecule has 0 bridgehead atoms. The fraction of sp³-hybridized carbons (Fsp3) is 0.846. The zero-order chi connectivity index (χ0) is 10.5. The Morgan fingerprint density at radius 2 is 2.13 bits per heavy atom.